The van der Waals surface area contributed by atoms with Gasteiger partial charge in [0.2, 0.25) is 0 Å². The highest BCUT2D eigenvalue weighted by Crippen LogP contribution is 2.18. The summed E-state index contributed by atoms with van der Waals surface area (Å²) < 4.78 is 1.85. The summed E-state index contributed by atoms with van der Waals surface area (Å²) in [7, 11) is 0. The monoisotopic (exact) mass is 149 g/mol. The Morgan fingerprint density at radius 3 is 3.00 bits per heavy atom. The second-order valence-electron chi connectivity index (χ2n) is 1.23. The molecule has 0 spiro atoms. The summed E-state index contributed by atoms with van der Waals surface area (Å²) in [6.45, 7) is 0. The van der Waals surface area contributed by atoms with Gasteiger partial charge < -0.3 is 5.73 Å². The van der Waals surface area contributed by atoms with Crippen molar-refractivity contribution in [3.8, 4) is 0 Å². The van der Waals surface area contributed by atoms with Crippen LogP contribution in [0.1, 0.15) is 0 Å². The molecule has 0 saturated carbocycles. The molecule has 8 heavy (non-hydrogen) atoms. The average Bonchev–Trinajstić information content (AvgIpc) is 2.14. The van der Waals surface area contributed by atoms with Gasteiger partial charge in [0.1, 0.15) is 5.03 Å². The Kier molecular flexibility index (Phi) is 1.93. The van der Waals surface area contributed by atoms with Crippen molar-refractivity contribution < 1.29 is 0 Å². The van der Waals surface area contributed by atoms with E-state index in [0.29, 0.717) is 0 Å². The molecule has 0 radical (unpaired) electrons. The standard InChI is InChI=1S/C3H7N3S2/c1-7-6-2-3(4)8-5-6/h2,5H,4H2,1H3. The Balaban J connectivity index is 2.41. The molecule has 0 aromatic rings. The van der Waals surface area contributed by atoms with E-state index in [4.69, 9.17) is 5.73 Å². The van der Waals surface area contributed by atoms with Crippen molar-refractivity contribution in [2.24, 2.45) is 5.73 Å². The van der Waals surface area contributed by atoms with Crippen molar-refractivity contribution in [3.05, 3.63) is 11.2 Å². The number of nitrogens with one attached hydrogen (secondary N) is 1. The molecule has 0 fully saturated rings. The zero-order chi connectivity index (χ0) is 5.98. The average molecular weight is 149 g/mol. The van der Waals surface area contributed by atoms with Crippen LogP contribution < -0.4 is 10.6 Å². The molecule has 1 heterocycles. The number of nitrogens with zero attached hydrogens (tertiary/aromatic N) is 1. The van der Waals surface area contributed by atoms with Crippen LogP contribution >= 0.6 is 23.9 Å². The highest BCUT2D eigenvalue weighted by atomic mass is 32.2. The fourth-order valence-electron chi connectivity index (χ4n) is 0.356. The minimum Gasteiger partial charge on any atom is -0.391 e. The van der Waals surface area contributed by atoms with E-state index >= 15 is 0 Å². The second kappa shape index (κ2) is 2.52. The van der Waals surface area contributed by atoms with Gasteiger partial charge in [-0.15, -0.1) is 0 Å². The van der Waals surface area contributed by atoms with E-state index in [-0.39, 0.29) is 0 Å². The number of hydrogen-bond donors (Lipinski definition) is 2. The van der Waals surface area contributed by atoms with E-state index in [1.165, 1.54) is 11.9 Å². The Morgan fingerprint density at radius 2 is 2.75 bits per heavy atom. The van der Waals surface area contributed by atoms with E-state index in [9.17, 15) is 0 Å². The molecule has 0 aliphatic carbocycles. The lowest BCUT2D eigenvalue weighted by Gasteiger charge is -2.07. The summed E-state index contributed by atoms with van der Waals surface area (Å²) in [5, 5.41) is 0.805. The van der Waals surface area contributed by atoms with Gasteiger partial charge in [-0.05, 0) is 23.9 Å². The molecule has 46 valence electrons. The molecule has 5 heteroatoms. The molecule has 3 nitrogen and oxygen atoms in total. The first-order valence-corrected chi connectivity index (χ1v) is 4.06. The van der Waals surface area contributed by atoms with Crippen molar-refractivity contribution in [1.82, 2.24) is 9.25 Å². The molecule has 1 aliphatic rings. The summed E-state index contributed by atoms with van der Waals surface area (Å²) in [6, 6.07) is 0. The smallest absolute Gasteiger partial charge is 0.101 e. The lowest BCUT2D eigenvalue weighted by molar-refractivity contribution is 0.620. The van der Waals surface area contributed by atoms with Crippen LogP contribution in [0.15, 0.2) is 11.2 Å². The summed E-state index contributed by atoms with van der Waals surface area (Å²) in [5.41, 5.74) is 5.41. The SMILES string of the molecule is CSN1C=C(N)SN1. The molecular weight excluding hydrogens is 142 g/mol. The van der Waals surface area contributed by atoms with Gasteiger partial charge in [0, 0.05) is 6.26 Å². The maximum absolute atomic E-state index is 5.41. The third-order valence-electron chi connectivity index (χ3n) is 0.695. The Morgan fingerprint density at radius 1 is 2.00 bits per heavy atom. The minimum absolute atomic E-state index is 0.805. The molecule has 1 rings (SSSR count). The van der Waals surface area contributed by atoms with Crippen LogP contribution in [0.25, 0.3) is 0 Å². The largest absolute Gasteiger partial charge is 0.391 e. The van der Waals surface area contributed by atoms with Crippen molar-refractivity contribution in [1.29, 1.82) is 0 Å². The van der Waals surface area contributed by atoms with Crippen LogP contribution in [0, 0.1) is 0 Å². The predicted molar refractivity (Wildman–Crippen MR) is 38.4 cm³/mol. The Hall–Kier alpha value is -0.0000000000000000763. The molecule has 0 atom stereocenters. The third-order valence-corrected chi connectivity index (χ3v) is 2.03. The Labute approximate surface area is 56.9 Å². The van der Waals surface area contributed by atoms with E-state index in [2.05, 4.69) is 4.83 Å². The van der Waals surface area contributed by atoms with E-state index < -0.39 is 0 Å². The van der Waals surface area contributed by atoms with Gasteiger partial charge in [0.05, 0.1) is 6.20 Å². The second-order valence-corrected chi connectivity index (χ2v) is 2.85. The van der Waals surface area contributed by atoms with Gasteiger partial charge in [0.15, 0.2) is 0 Å². The highest BCUT2D eigenvalue weighted by molar-refractivity contribution is 8.03. The quantitative estimate of drug-likeness (QED) is 0.531. The molecule has 0 amide bonds. The zero-order valence-corrected chi connectivity index (χ0v) is 6.05. The van der Waals surface area contributed by atoms with Gasteiger partial charge >= 0.3 is 0 Å². The molecule has 1 aliphatic heterocycles. The van der Waals surface area contributed by atoms with Gasteiger partial charge in [-0.25, -0.2) is 4.41 Å². The van der Waals surface area contributed by atoms with Gasteiger partial charge in [-0.3, -0.25) is 0 Å². The molecule has 3 N–H and O–H groups in total. The first kappa shape index (κ1) is 6.12. The van der Waals surface area contributed by atoms with E-state index in [1.807, 2.05) is 16.9 Å². The van der Waals surface area contributed by atoms with Gasteiger partial charge in [-0.2, -0.15) is 4.83 Å². The van der Waals surface area contributed by atoms with Crippen molar-refractivity contribution in [2.75, 3.05) is 6.26 Å². The maximum atomic E-state index is 5.41. The number of nitrogens with two attached hydrogens (primary N) is 1. The summed E-state index contributed by atoms with van der Waals surface area (Å²) in [5.74, 6) is 0. The molecule has 0 aromatic carbocycles. The topological polar surface area (TPSA) is 41.3 Å². The van der Waals surface area contributed by atoms with Gasteiger partial charge in [-0.1, -0.05) is 0 Å². The predicted octanol–water partition coefficient (Wildman–Crippen LogP) is 0.490. The molecular formula is C3H7N3S2. The Bertz CT molecular complexity index is 113. The third kappa shape index (κ3) is 1.24. The summed E-state index contributed by atoms with van der Waals surface area (Å²) in [4.78, 5) is 2.95. The fraction of sp³-hybridized carbons (Fsp3) is 0.333. The van der Waals surface area contributed by atoms with Crippen LogP contribution in [0.2, 0.25) is 0 Å². The summed E-state index contributed by atoms with van der Waals surface area (Å²) >= 11 is 3.01. The lowest BCUT2D eigenvalue weighted by Crippen LogP contribution is -2.13. The maximum Gasteiger partial charge on any atom is 0.101 e. The van der Waals surface area contributed by atoms with Crippen molar-refractivity contribution >= 4 is 23.9 Å². The molecule has 0 aromatic heterocycles. The van der Waals surface area contributed by atoms with Crippen LogP contribution in [0.4, 0.5) is 0 Å². The van der Waals surface area contributed by atoms with Crippen molar-refractivity contribution in [2.45, 2.75) is 0 Å². The van der Waals surface area contributed by atoms with Gasteiger partial charge in [0.25, 0.3) is 0 Å². The van der Waals surface area contributed by atoms with Crippen LogP contribution in [0.3, 0.4) is 0 Å². The number of hydrogen-bond acceptors (Lipinski definition) is 5. The molecule has 0 unspecified atom stereocenters. The highest BCUT2D eigenvalue weighted by Gasteiger charge is 2.06. The van der Waals surface area contributed by atoms with E-state index in [1.54, 1.807) is 11.9 Å². The molecule has 0 bridgehead atoms. The summed E-state index contributed by atoms with van der Waals surface area (Å²) in [6.07, 6.45) is 3.82. The number of rotatable bonds is 1. The lowest BCUT2D eigenvalue weighted by atomic mass is 10.9. The van der Waals surface area contributed by atoms with Crippen molar-refractivity contribution in [3.63, 3.8) is 0 Å². The van der Waals surface area contributed by atoms with Crippen LogP contribution in [-0.2, 0) is 0 Å². The molecule has 0 saturated heterocycles. The normalized spacial score (nSPS) is 19.1. The van der Waals surface area contributed by atoms with E-state index in [0.717, 1.165) is 5.03 Å². The first-order chi connectivity index (χ1) is 3.83. The minimum atomic E-state index is 0.805. The fourth-order valence-corrected chi connectivity index (χ4v) is 1.46. The zero-order valence-electron chi connectivity index (χ0n) is 4.42. The van der Waals surface area contributed by atoms with Crippen LogP contribution in [-0.4, -0.2) is 10.7 Å². The number of hydrazine groups is 1. The first-order valence-electron chi connectivity index (χ1n) is 2.06. The van der Waals surface area contributed by atoms with Crippen LogP contribution in [0.5, 0.6) is 0 Å².